The molecule has 0 saturated heterocycles. The summed E-state index contributed by atoms with van der Waals surface area (Å²) in [7, 11) is 5.23. The van der Waals surface area contributed by atoms with Crippen molar-refractivity contribution in [2.75, 3.05) is 34.5 Å². The second-order valence-corrected chi connectivity index (χ2v) is 9.63. The molecule has 0 aromatic heterocycles. The topological polar surface area (TPSA) is 77.4 Å². The fourth-order valence-electron chi connectivity index (χ4n) is 3.21. The van der Waals surface area contributed by atoms with Crippen molar-refractivity contribution in [1.82, 2.24) is 15.1 Å². The van der Waals surface area contributed by atoms with Gasteiger partial charge in [0.25, 0.3) is 0 Å². The lowest BCUT2D eigenvalue weighted by atomic mass is 9.99. The van der Waals surface area contributed by atoms with E-state index in [1.165, 1.54) is 25.4 Å². The van der Waals surface area contributed by atoms with E-state index in [4.69, 9.17) is 16.3 Å². The average molecular weight is 577 g/mol. The summed E-state index contributed by atoms with van der Waals surface area (Å²) < 4.78 is 18.9. The number of aliphatic hydroxyl groups excluding tert-OH is 1. The first-order chi connectivity index (χ1) is 18.9. The van der Waals surface area contributed by atoms with Gasteiger partial charge in [-0.1, -0.05) is 51.4 Å². The molecular weight excluding hydrogens is 531 g/mol. The number of amides is 1. The van der Waals surface area contributed by atoms with Gasteiger partial charge in [-0.2, -0.15) is 0 Å². The predicted octanol–water partition coefficient (Wildman–Crippen LogP) is 6.44. The van der Waals surface area contributed by atoms with Crippen molar-refractivity contribution in [2.24, 2.45) is 10.9 Å². The van der Waals surface area contributed by atoms with Gasteiger partial charge >= 0.3 is 5.91 Å². The van der Waals surface area contributed by atoms with Crippen LogP contribution in [0.4, 0.5) is 4.39 Å². The smallest absolute Gasteiger partial charge is 0.312 e. The number of aliphatic hydroxyl groups is 1. The van der Waals surface area contributed by atoms with Crippen molar-refractivity contribution in [3.63, 3.8) is 0 Å². The number of carbonyl (C=O) groups is 1. The number of hydrogen-bond acceptors (Lipinski definition) is 6. The number of rotatable bonds is 14. The standard InChI is InChI=1S/C29H40ClFN4O3.C2H6/c1-20(2)22(4)27(14-21(3)24(18-36)10-9-13-34(6)7)33-19-35(17-28(38-8)29(37)32-5)16-23-11-12-26(31)25(30)15-23;1-2/h9-15,17,20,33,36H,5,16,18-19H2,1-4,6-8H3;1-2H3/b13-9-,21-14+,24-10+,27-22+,28-17+;. The third-order valence-electron chi connectivity index (χ3n) is 5.73. The van der Waals surface area contributed by atoms with Crippen molar-refractivity contribution in [3.8, 4) is 0 Å². The molecule has 2 N–H and O–H groups in total. The van der Waals surface area contributed by atoms with E-state index in [9.17, 15) is 14.3 Å². The van der Waals surface area contributed by atoms with Gasteiger partial charge in [0.05, 0.1) is 25.4 Å². The molecule has 0 spiro atoms. The van der Waals surface area contributed by atoms with Crippen LogP contribution >= 0.6 is 11.6 Å². The predicted molar refractivity (Wildman–Crippen MR) is 165 cm³/mol. The lowest BCUT2D eigenvalue weighted by Gasteiger charge is -2.25. The number of nitrogens with zero attached hydrogens (tertiary/aromatic N) is 3. The normalized spacial score (nSPS) is 13.0. The van der Waals surface area contributed by atoms with E-state index < -0.39 is 11.7 Å². The molecule has 1 rings (SSSR count). The molecule has 1 amide bonds. The minimum absolute atomic E-state index is 0.00558. The quantitative estimate of drug-likeness (QED) is 0.0872. The highest BCUT2D eigenvalue weighted by Gasteiger charge is 2.13. The van der Waals surface area contributed by atoms with Crippen molar-refractivity contribution < 1.29 is 19.0 Å². The number of halogens is 2. The van der Waals surface area contributed by atoms with Gasteiger partial charge in [0.15, 0.2) is 0 Å². The molecule has 0 heterocycles. The van der Waals surface area contributed by atoms with E-state index >= 15 is 0 Å². The largest absolute Gasteiger partial charge is 0.490 e. The average Bonchev–Trinajstić information content (AvgIpc) is 2.93. The fraction of sp³-hybridized carbons (Fsp3) is 0.419. The number of methoxy groups -OCH3 is 1. The molecule has 0 atom stereocenters. The summed E-state index contributed by atoms with van der Waals surface area (Å²) in [5, 5.41) is 13.4. The van der Waals surface area contributed by atoms with Crippen LogP contribution in [0.25, 0.3) is 0 Å². The van der Waals surface area contributed by atoms with Crippen molar-refractivity contribution >= 4 is 24.2 Å². The Labute approximate surface area is 245 Å². The number of benzene rings is 1. The van der Waals surface area contributed by atoms with E-state index in [1.807, 2.05) is 71.1 Å². The van der Waals surface area contributed by atoms with Crippen LogP contribution in [0.15, 0.2) is 82.0 Å². The highest BCUT2D eigenvalue weighted by molar-refractivity contribution is 6.30. The zero-order chi connectivity index (χ0) is 30.8. The molecule has 222 valence electrons. The van der Waals surface area contributed by atoms with Crippen LogP contribution in [0.2, 0.25) is 5.02 Å². The van der Waals surface area contributed by atoms with Crippen LogP contribution in [-0.2, 0) is 16.1 Å². The molecular formula is C31H46ClFN4O3. The maximum Gasteiger partial charge on any atom is 0.312 e. The van der Waals surface area contributed by atoms with Crippen LogP contribution in [0.1, 0.15) is 47.1 Å². The third kappa shape index (κ3) is 13.1. The lowest BCUT2D eigenvalue weighted by Crippen LogP contribution is -2.31. The van der Waals surface area contributed by atoms with Crippen LogP contribution < -0.4 is 5.32 Å². The van der Waals surface area contributed by atoms with Gasteiger partial charge in [-0.05, 0) is 79.3 Å². The summed E-state index contributed by atoms with van der Waals surface area (Å²) in [6, 6.07) is 4.47. The van der Waals surface area contributed by atoms with Gasteiger partial charge in [0.1, 0.15) is 5.82 Å². The molecule has 1 aromatic rings. The minimum Gasteiger partial charge on any atom is -0.490 e. The Bertz CT molecular complexity index is 1120. The van der Waals surface area contributed by atoms with Crippen LogP contribution in [-0.4, -0.2) is 62.0 Å². The highest BCUT2D eigenvalue weighted by Crippen LogP contribution is 2.20. The summed E-state index contributed by atoms with van der Waals surface area (Å²) in [5.41, 5.74) is 4.39. The Morgan fingerprint density at radius 1 is 1.27 bits per heavy atom. The van der Waals surface area contributed by atoms with Gasteiger partial charge in [-0.3, -0.25) is 4.79 Å². The second-order valence-electron chi connectivity index (χ2n) is 9.22. The zero-order valence-electron chi connectivity index (χ0n) is 25.4. The number of ether oxygens (including phenoxy) is 1. The Balaban J connectivity index is 0.00000742. The first kappa shape index (κ1) is 36.6. The summed E-state index contributed by atoms with van der Waals surface area (Å²) in [6.45, 7) is 15.9. The van der Waals surface area contributed by atoms with Crippen molar-refractivity contribution in [3.05, 3.63) is 93.4 Å². The summed E-state index contributed by atoms with van der Waals surface area (Å²) >= 11 is 5.99. The maximum absolute atomic E-state index is 13.7. The first-order valence-corrected chi connectivity index (χ1v) is 13.5. The maximum atomic E-state index is 13.7. The summed E-state index contributed by atoms with van der Waals surface area (Å²) in [5.74, 6) is -0.863. The second kappa shape index (κ2) is 19.7. The highest BCUT2D eigenvalue weighted by atomic mass is 35.5. The van der Waals surface area contributed by atoms with Gasteiger partial charge in [-0.25, -0.2) is 9.38 Å². The molecule has 0 aliphatic heterocycles. The number of carbonyl (C=O) groups excluding carboxylic acids is 1. The first-order valence-electron chi connectivity index (χ1n) is 13.2. The molecule has 0 radical (unpaired) electrons. The fourth-order valence-corrected chi connectivity index (χ4v) is 3.41. The Morgan fingerprint density at radius 2 is 1.93 bits per heavy atom. The van der Waals surface area contributed by atoms with E-state index in [0.717, 1.165) is 28.0 Å². The monoisotopic (exact) mass is 576 g/mol. The Kier molecular flexibility index (Phi) is 18.0. The van der Waals surface area contributed by atoms with Crippen LogP contribution in [0.5, 0.6) is 0 Å². The molecule has 0 fully saturated rings. The molecule has 9 heteroatoms. The van der Waals surface area contributed by atoms with Crippen LogP contribution in [0, 0.1) is 11.7 Å². The van der Waals surface area contributed by atoms with Gasteiger partial charge < -0.3 is 25.0 Å². The van der Waals surface area contributed by atoms with E-state index in [-0.39, 0.29) is 30.0 Å². The van der Waals surface area contributed by atoms with E-state index in [2.05, 4.69) is 30.9 Å². The lowest BCUT2D eigenvalue weighted by molar-refractivity contribution is -0.117. The number of hydrogen-bond donors (Lipinski definition) is 2. The molecule has 40 heavy (non-hydrogen) atoms. The van der Waals surface area contributed by atoms with Crippen molar-refractivity contribution in [1.29, 1.82) is 0 Å². The number of allylic oxidation sites excluding steroid dienone is 4. The number of nitrogens with one attached hydrogen (secondary N) is 1. The molecule has 0 unspecified atom stereocenters. The van der Waals surface area contributed by atoms with E-state index in [0.29, 0.717) is 6.54 Å². The minimum atomic E-state index is -0.608. The van der Waals surface area contributed by atoms with Gasteiger partial charge in [-0.15, -0.1) is 0 Å². The number of aliphatic imine (C=N–C) groups is 1. The molecule has 0 saturated carbocycles. The van der Waals surface area contributed by atoms with Gasteiger partial charge in [0.2, 0.25) is 5.76 Å². The third-order valence-corrected chi connectivity index (χ3v) is 6.02. The SMILES string of the molecule is C=NC(=O)/C(=C\N(CNC(/C=C(C)/C(=C/C=C\N(C)C)CO)=C(\C)C(C)C)Cc1ccc(F)c(Cl)c1)OC.CC. The summed E-state index contributed by atoms with van der Waals surface area (Å²) in [4.78, 5) is 19.3. The summed E-state index contributed by atoms with van der Waals surface area (Å²) in [6.07, 6.45) is 9.18. The van der Waals surface area contributed by atoms with Crippen molar-refractivity contribution in [2.45, 2.75) is 48.1 Å². The van der Waals surface area contributed by atoms with E-state index in [1.54, 1.807) is 11.0 Å². The molecule has 0 aliphatic rings. The molecule has 1 aromatic carbocycles. The molecule has 7 nitrogen and oxygen atoms in total. The Hall–Kier alpha value is -3.36. The molecule has 0 bridgehead atoms. The van der Waals surface area contributed by atoms with Crippen LogP contribution in [0.3, 0.4) is 0 Å². The zero-order valence-corrected chi connectivity index (χ0v) is 26.1. The van der Waals surface area contributed by atoms with Gasteiger partial charge in [0, 0.05) is 32.5 Å². The molecule has 0 aliphatic carbocycles. The Morgan fingerprint density at radius 3 is 2.42 bits per heavy atom.